The lowest BCUT2D eigenvalue weighted by atomic mass is 10.1. The van der Waals surface area contributed by atoms with Crippen LogP contribution in [0.4, 0.5) is 0 Å². The van der Waals surface area contributed by atoms with Crippen LogP contribution in [-0.4, -0.2) is 52.5 Å². The summed E-state index contributed by atoms with van der Waals surface area (Å²) in [6.45, 7) is 10.6. The fourth-order valence-electron chi connectivity index (χ4n) is 4.57. The summed E-state index contributed by atoms with van der Waals surface area (Å²) < 4.78 is 2.26. The van der Waals surface area contributed by atoms with E-state index in [1.807, 2.05) is 4.90 Å². The van der Waals surface area contributed by atoms with Crippen molar-refractivity contribution in [3.8, 4) is 6.07 Å². The second-order valence-corrected chi connectivity index (χ2v) is 7.91. The molecule has 1 aromatic heterocycles. The number of rotatable bonds is 5. The highest BCUT2D eigenvalue weighted by Crippen LogP contribution is 2.25. The Labute approximate surface area is 163 Å². The van der Waals surface area contributed by atoms with E-state index in [1.54, 1.807) is 6.08 Å². The minimum Gasteiger partial charge on any atom is -0.349 e. The molecule has 27 heavy (non-hydrogen) atoms. The topological polar surface area (TPSA) is 52.3 Å². The van der Waals surface area contributed by atoms with E-state index in [0.29, 0.717) is 6.04 Å². The molecule has 2 heterocycles. The van der Waals surface area contributed by atoms with Crippen LogP contribution in [0.25, 0.3) is 6.08 Å². The van der Waals surface area contributed by atoms with E-state index in [4.69, 9.17) is 0 Å². The van der Waals surface area contributed by atoms with Gasteiger partial charge >= 0.3 is 0 Å². The maximum absolute atomic E-state index is 12.9. The highest BCUT2D eigenvalue weighted by Gasteiger charge is 2.29. The number of nitrogens with zero attached hydrogens (tertiary/aromatic N) is 4. The summed E-state index contributed by atoms with van der Waals surface area (Å²) in [6, 6.07) is 4.93. The molecular formula is C22H32N4O. The van der Waals surface area contributed by atoms with Gasteiger partial charge in [0, 0.05) is 50.2 Å². The summed E-state index contributed by atoms with van der Waals surface area (Å²) in [5, 5.41) is 9.60. The SMILES string of the molecule is CCCn1c(C)cc(/C=C(\C#N)C(=O)N2CCN(C3CCCC3)CC2)c1C. The lowest BCUT2D eigenvalue weighted by Crippen LogP contribution is -2.51. The molecule has 5 heteroatoms. The Kier molecular flexibility index (Phi) is 6.38. The molecule has 5 nitrogen and oxygen atoms in total. The molecule has 146 valence electrons. The first-order valence-corrected chi connectivity index (χ1v) is 10.4. The molecule has 0 bridgehead atoms. The maximum atomic E-state index is 12.9. The molecule has 2 fully saturated rings. The minimum absolute atomic E-state index is 0.121. The average Bonchev–Trinajstić information content (AvgIpc) is 3.30. The molecular weight excluding hydrogens is 336 g/mol. The van der Waals surface area contributed by atoms with E-state index < -0.39 is 0 Å². The van der Waals surface area contributed by atoms with Crippen molar-refractivity contribution in [2.75, 3.05) is 26.2 Å². The number of carbonyl (C=O) groups excluding carboxylic acids is 1. The van der Waals surface area contributed by atoms with Crippen LogP contribution in [0.3, 0.4) is 0 Å². The van der Waals surface area contributed by atoms with Crippen molar-refractivity contribution < 1.29 is 4.79 Å². The van der Waals surface area contributed by atoms with Gasteiger partial charge in [-0.3, -0.25) is 9.69 Å². The van der Waals surface area contributed by atoms with Gasteiger partial charge in [0.1, 0.15) is 11.6 Å². The quantitative estimate of drug-likeness (QED) is 0.590. The van der Waals surface area contributed by atoms with Crippen LogP contribution in [0.5, 0.6) is 0 Å². The molecule has 0 radical (unpaired) electrons. The molecule has 1 saturated carbocycles. The normalized spacial score (nSPS) is 19.5. The molecule has 0 unspecified atom stereocenters. The molecule has 1 aromatic rings. The third-order valence-corrected chi connectivity index (χ3v) is 6.15. The van der Waals surface area contributed by atoms with Crippen LogP contribution in [0.2, 0.25) is 0 Å². The Morgan fingerprint density at radius 3 is 2.48 bits per heavy atom. The van der Waals surface area contributed by atoms with Gasteiger partial charge < -0.3 is 9.47 Å². The zero-order valence-electron chi connectivity index (χ0n) is 17.0. The molecule has 0 N–H and O–H groups in total. The smallest absolute Gasteiger partial charge is 0.264 e. The van der Waals surface area contributed by atoms with Gasteiger partial charge in [-0.1, -0.05) is 19.8 Å². The van der Waals surface area contributed by atoms with Gasteiger partial charge in [0.2, 0.25) is 0 Å². The molecule has 1 saturated heterocycles. The third kappa shape index (κ3) is 4.27. The number of carbonyl (C=O) groups is 1. The number of aromatic nitrogens is 1. The van der Waals surface area contributed by atoms with Gasteiger partial charge in [0.05, 0.1) is 0 Å². The van der Waals surface area contributed by atoms with Crippen molar-refractivity contribution in [1.82, 2.24) is 14.4 Å². The summed E-state index contributed by atoms with van der Waals surface area (Å²) in [7, 11) is 0. The van der Waals surface area contributed by atoms with Gasteiger partial charge in [0.25, 0.3) is 5.91 Å². The summed E-state index contributed by atoms with van der Waals surface area (Å²) in [5.41, 5.74) is 3.54. The van der Waals surface area contributed by atoms with Crippen LogP contribution in [0.1, 0.15) is 56.0 Å². The lowest BCUT2D eigenvalue weighted by Gasteiger charge is -2.38. The third-order valence-electron chi connectivity index (χ3n) is 6.15. The number of amides is 1. The Bertz CT molecular complexity index is 741. The molecule has 3 rings (SSSR count). The first-order chi connectivity index (χ1) is 13.0. The van der Waals surface area contributed by atoms with Crippen molar-refractivity contribution in [2.45, 2.75) is 65.5 Å². The van der Waals surface area contributed by atoms with Crippen molar-refractivity contribution in [2.24, 2.45) is 0 Å². The van der Waals surface area contributed by atoms with E-state index in [0.717, 1.165) is 50.4 Å². The maximum Gasteiger partial charge on any atom is 0.264 e. The highest BCUT2D eigenvalue weighted by molar-refractivity contribution is 6.01. The largest absolute Gasteiger partial charge is 0.349 e. The van der Waals surface area contributed by atoms with E-state index in [2.05, 4.69) is 42.4 Å². The van der Waals surface area contributed by atoms with Crippen molar-refractivity contribution in [1.29, 1.82) is 5.26 Å². The zero-order chi connectivity index (χ0) is 19.4. The predicted molar refractivity (Wildman–Crippen MR) is 108 cm³/mol. The summed E-state index contributed by atoms with van der Waals surface area (Å²) in [6.07, 6.45) is 8.10. The monoisotopic (exact) mass is 368 g/mol. The first kappa shape index (κ1) is 19.7. The Balaban J connectivity index is 1.69. The summed E-state index contributed by atoms with van der Waals surface area (Å²) in [5.74, 6) is -0.121. The molecule has 2 aliphatic rings. The minimum atomic E-state index is -0.121. The Morgan fingerprint density at radius 1 is 1.22 bits per heavy atom. The molecule has 0 atom stereocenters. The zero-order valence-corrected chi connectivity index (χ0v) is 17.0. The summed E-state index contributed by atoms with van der Waals surface area (Å²) >= 11 is 0. The fraction of sp³-hybridized carbons (Fsp3) is 0.636. The molecule has 1 aliphatic carbocycles. The molecule has 1 amide bonds. The molecule has 1 aliphatic heterocycles. The number of nitriles is 1. The molecule has 0 aromatic carbocycles. The summed E-state index contributed by atoms with van der Waals surface area (Å²) in [4.78, 5) is 17.3. The van der Waals surface area contributed by atoms with Gasteiger partial charge in [-0.25, -0.2) is 0 Å². The van der Waals surface area contributed by atoms with Crippen molar-refractivity contribution in [3.05, 3.63) is 28.6 Å². The van der Waals surface area contributed by atoms with Gasteiger partial charge in [-0.15, -0.1) is 0 Å². The highest BCUT2D eigenvalue weighted by atomic mass is 16.2. The number of aryl methyl sites for hydroxylation is 1. The van der Waals surface area contributed by atoms with Crippen LogP contribution in [0.15, 0.2) is 11.6 Å². The van der Waals surface area contributed by atoms with Gasteiger partial charge in [-0.2, -0.15) is 5.26 Å². The lowest BCUT2D eigenvalue weighted by molar-refractivity contribution is -0.128. The Hall–Kier alpha value is -2.06. The standard InChI is InChI=1S/C22H32N4O/c1-4-9-26-17(2)14-19(18(26)3)15-20(16-23)22(27)25-12-10-24(11-13-25)21-7-5-6-8-21/h14-15,21H,4-13H2,1-3H3/b20-15+. The first-order valence-electron chi connectivity index (χ1n) is 10.4. The van der Waals surface area contributed by atoms with E-state index in [-0.39, 0.29) is 11.5 Å². The average molecular weight is 369 g/mol. The predicted octanol–water partition coefficient (Wildman–Crippen LogP) is 3.51. The van der Waals surface area contributed by atoms with Crippen LogP contribution in [-0.2, 0) is 11.3 Å². The number of hydrogen-bond donors (Lipinski definition) is 0. The van der Waals surface area contributed by atoms with Gasteiger partial charge in [0.15, 0.2) is 0 Å². The van der Waals surface area contributed by atoms with Gasteiger partial charge in [-0.05, 0) is 50.8 Å². The van der Waals surface area contributed by atoms with Crippen molar-refractivity contribution in [3.63, 3.8) is 0 Å². The molecule has 0 spiro atoms. The van der Waals surface area contributed by atoms with Crippen molar-refractivity contribution >= 4 is 12.0 Å². The number of hydrogen-bond acceptors (Lipinski definition) is 3. The van der Waals surface area contributed by atoms with Crippen LogP contribution < -0.4 is 0 Å². The van der Waals surface area contributed by atoms with E-state index in [1.165, 1.54) is 31.4 Å². The fourth-order valence-corrected chi connectivity index (χ4v) is 4.57. The second kappa shape index (κ2) is 8.75. The van der Waals surface area contributed by atoms with Crippen LogP contribution >= 0.6 is 0 Å². The Morgan fingerprint density at radius 2 is 1.89 bits per heavy atom. The second-order valence-electron chi connectivity index (χ2n) is 7.91. The van der Waals surface area contributed by atoms with E-state index >= 15 is 0 Å². The number of piperazine rings is 1. The van der Waals surface area contributed by atoms with Crippen LogP contribution in [0, 0.1) is 25.2 Å². The van der Waals surface area contributed by atoms with E-state index in [9.17, 15) is 10.1 Å².